The van der Waals surface area contributed by atoms with Crippen molar-refractivity contribution in [3.63, 3.8) is 0 Å². The molecule has 0 aliphatic carbocycles. The van der Waals surface area contributed by atoms with Crippen LogP contribution >= 0.6 is 0 Å². The summed E-state index contributed by atoms with van der Waals surface area (Å²) in [5.74, 6) is 0.183. The fourth-order valence-corrected chi connectivity index (χ4v) is 3.83. The summed E-state index contributed by atoms with van der Waals surface area (Å²) in [5.41, 5.74) is 2.05. The molecule has 0 bridgehead atoms. The van der Waals surface area contributed by atoms with Crippen LogP contribution in [-0.2, 0) is 9.59 Å². The SMILES string of the molecule is CCCCOc1ccc([C@H](C)NC(=O)CN2C(=O)/C(=C\c3ccc(F)cc3)Oc3ccccc32)cc1. The Morgan fingerprint density at radius 1 is 1.08 bits per heavy atom. The molecule has 0 unspecified atom stereocenters. The fraction of sp³-hybridized carbons (Fsp3) is 0.241. The molecule has 36 heavy (non-hydrogen) atoms. The Kier molecular flexibility index (Phi) is 8.00. The number of anilines is 1. The van der Waals surface area contributed by atoms with Crippen molar-refractivity contribution in [1.29, 1.82) is 0 Å². The number of benzene rings is 3. The molecular formula is C29H29FN2O4. The number of fused-ring (bicyclic) bond motifs is 1. The Labute approximate surface area is 210 Å². The zero-order chi connectivity index (χ0) is 25.5. The lowest BCUT2D eigenvalue weighted by atomic mass is 10.1. The monoisotopic (exact) mass is 488 g/mol. The molecule has 0 radical (unpaired) electrons. The molecule has 0 saturated heterocycles. The average Bonchev–Trinajstić information content (AvgIpc) is 2.88. The van der Waals surface area contributed by atoms with Gasteiger partial charge >= 0.3 is 0 Å². The number of hydrogen-bond acceptors (Lipinski definition) is 4. The Morgan fingerprint density at radius 3 is 2.53 bits per heavy atom. The number of carbonyl (C=O) groups excluding carboxylic acids is 2. The van der Waals surface area contributed by atoms with Gasteiger partial charge in [-0.15, -0.1) is 0 Å². The van der Waals surface area contributed by atoms with E-state index in [9.17, 15) is 14.0 Å². The molecule has 3 aromatic carbocycles. The predicted molar refractivity (Wildman–Crippen MR) is 137 cm³/mol. The third-order valence-electron chi connectivity index (χ3n) is 5.83. The minimum Gasteiger partial charge on any atom is -0.494 e. The second kappa shape index (κ2) is 11.5. The van der Waals surface area contributed by atoms with Crippen LogP contribution in [0.2, 0.25) is 0 Å². The summed E-state index contributed by atoms with van der Waals surface area (Å²) in [5, 5.41) is 2.96. The van der Waals surface area contributed by atoms with Gasteiger partial charge in [-0.2, -0.15) is 0 Å². The molecule has 6 nitrogen and oxygen atoms in total. The molecule has 3 aromatic rings. The van der Waals surface area contributed by atoms with E-state index in [0.29, 0.717) is 23.6 Å². The highest BCUT2D eigenvalue weighted by molar-refractivity contribution is 6.12. The Hall–Kier alpha value is -4.13. The summed E-state index contributed by atoms with van der Waals surface area (Å²) >= 11 is 0. The molecule has 0 spiro atoms. The van der Waals surface area contributed by atoms with E-state index in [1.165, 1.54) is 23.1 Å². The molecule has 1 N–H and O–H groups in total. The van der Waals surface area contributed by atoms with Crippen molar-refractivity contribution in [3.05, 3.63) is 95.5 Å². The zero-order valence-corrected chi connectivity index (χ0v) is 20.4. The second-order valence-electron chi connectivity index (χ2n) is 8.58. The number of amides is 2. The molecule has 186 valence electrons. The van der Waals surface area contributed by atoms with Crippen molar-refractivity contribution in [2.24, 2.45) is 0 Å². The molecule has 0 aromatic heterocycles. The first-order valence-corrected chi connectivity index (χ1v) is 12.0. The van der Waals surface area contributed by atoms with E-state index in [-0.39, 0.29) is 30.1 Å². The third kappa shape index (κ3) is 6.10. The van der Waals surface area contributed by atoms with Crippen LogP contribution in [0.3, 0.4) is 0 Å². The van der Waals surface area contributed by atoms with Crippen LogP contribution in [0.15, 0.2) is 78.6 Å². The van der Waals surface area contributed by atoms with E-state index >= 15 is 0 Å². The van der Waals surface area contributed by atoms with Gasteiger partial charge in [-0.25, -0.2) is 4.39 Å². The number of nitrogens with one attached hydrogen (secondary N) is 1. The first-order valence-electron chi connectivity index (χ1n) is 12.0. The number of unbranched alkanes of at least 4 members (excludes halogenated alkanes) is 1. The van der Waals surface area contributed by atoms with E-state index in [4.69, 9.17) is 9.47 Å². The van der Waals surface area contributed by atoms with E-state index < -0.39 is 5.91 Å². The number of hydrogen-bond donors (Lipinski definition) is 1. The summed E-state index contributed by atoms with van der Waals surface area (Å²) in [7, 11) is 0. The smallest absolute Gasteiger partial charge is 0.294 e. The van der Waals surface area contributed by atoms with Crippen LogP contribution in [0, 0.1) is 5.82 Å². The van der Waals surface area contributed by atoms with Gasteiger partial charge < -0.3 is 14.8 Å². The molecule has 0 fully saturated rings. The lowest BCUT2D eigenvalue weighted by Crippen LogP contribution is -2.44. The average molecular weight is 489 g/mol. The van der Waals surface area contributed by atoms with Gasteiger partial charge in [0.05, 0.1) is 18.3 Å². The van der Waals surface area contributed by atoms with Gasteiger partial charge in [-0.1, -0.05) is 49.7 Å². The minimum absolute atomic E-state index is 0.0554. The van der Waals surface area contributed by atoms with E-state index in [0.717, 1.165) is 24.2 Å². The van der Waals surface area contributed by atoms with E-state index in [2.05, 4.69) is 12.2 Å². The fourth-order valence-electron chi connectivity index (χ4n) is 3.83. The Balaban J connectivity index is 1.46. The first kappa shape index (κ1) is 25.0. The predicted octanol–water partition coefficient (Wildman–Crippen LogP) is 5.65. The highest BCUT2D eigenvalue weighted by atomic mass is 19.1. The van der Waals surface area contributed by atoms with Gasteiger partial charge in [0.15, 0.2) is 11.5 Å². The van der Waals surface area contributed by atoms with Crippen molar-refractivity contribution < 1.29 is 23.5 Å². The summed E-state index contributed by atoms with van der Waals surface area (Å²) in [6.45, 7) is 4.50. The van der Waals surface area contributed by atoms with Gasteiger partial charge in [0.25, 0.3) is 5.91 Å². The number of para-hydroxylation sites is 2. The van der Waals surface area contributed by atoms with Gasteiger partial charge in [0.2, 0.25) is 5.91 Å². The van der Waals surface area contributed by atoms with Gasteiger partial charge in [0.1, 0.15) is 18.1 Å². The van der Waals surface area contributed by atoms with Gasteiger partial charge in [-0.3, -0.25) is 14.5 Å². The third-order valence-corrected chi connectivity index (χ3v) is 5.83. The summed E-state index contributed by atoms with van der Waals surface area (Å²) in [6, 6.07) is 20.1. The van der Waals surface area contributed by atoms with Crippen LogP contribution in [0.4, 0.5) is 10.1 Å². The maximum atomic E-state index is 13.3. The molecule has 1 aliphatic rings. The summed E-state index contributed by atoms with van der Waals surface area (Å²) in [6.07, 6.45) is 3.61. The van der Waals surface area contributed by atoms with Crippen molar-refractivity contribution in [3.8, 4) is 11.5 Å². The quantitative estimate of drug-likeness (QED) is 0.312. The molecular weight excluding hydrogens is 459 g/mol. The van der Waals surface area contributed by atoms with E-state index in [1.807, 2.05) is 31.2 Å². The van der Waals surface area contributed by atoms with E-state index in [1.54, 1.807) is 36.4 Å². The molecule has 0 saturated carbocycles. The summed E-state index contributed by atoms with van der Waals surface area (Å²) in [4.78, 5) is 27.6. The van der Waals surface area contributed by atoms with Crippen LogP contribution in [0.5, 0.6) is 11.5 Å². The number of ether oxygens (including phenoxy) is 2. The first-order chi connectivity index (χ1) is 17.4. The van der Waals surface area contributed by atoms with Gasteiger partial charge in [0, 0.05) is 0 Å². The Morgan fingerprint density at radius 2 is 1.81 bits per heavy atom. The second-order valence-corrected chi connectivity index (χ2v) is 8.58. The lowest BCUT2D eigenvalue weighted by molar-refractivity contribution is -0.123. The van der Waals surface area contributed by atoms with Crippen LogP contribution < -0.4 is 19.7 Å². The maximum Gasteiger partial charge on any atom is 0.294 e. The molecule has 1 heterocycles. The standard InChI is InChI=1S/C29H29FN2O4/c1-3-4-17-35-24-15-11-22(12-16-24)20(2)31-28(33)19-32-25-7-5-6-8-26(25)36-27(29(32)34)18-21-9-13-23(30)14-10-21/h5-16,18,20H,3-4,17,19H2,1-2H3,(H,31,33)/b27-18+/t20-/m0/s1. The lowest BCUT2D eigenvalue weighted by Gasteiger charge is -2.30. The minimum atomic E-state index is -0.450. The molecule has 7 heteroatoms. The van der Waals surface area contributed by atoms with Gasteiger partial charge in [-0.05, 0) is 66.9 Å². The van der Waals surface area contributed by atoms with Crippen LogP contribution in [-0.4, -0.2) is 25.0 Å². The number of halogens is 1. The number of carbonyl (C=O) groups is 2. The van der Waals surface area contributed by atoms with Crippen molar-refractivity contribution in [1.82, 2.24) is 5.32 Å². The van der Waals surface area contributed by atoms with Crippen LogP contribution in [0.25, 0.3) is 6.08 Å². The highest BCUT2D eigenvalue weighted by Gasteiger charge is 2.31. The Bertz CT molecular complexity index is 1240. The van der Waals surface area contributed by atoms with Crippen molar-refractivity contribution >= 4 is 23.6 Å². The van der Waals surface area contributed by atoms with Crippen LogP contribution in [0.1, 0.15) is 43.9 Å². The molecule has 1 aliphatic heterocycles. The molecule has 4 rings (SSSR count). The number of rotatable bonds is 9. The largest absolute Gasteiger partial charge is 0.494 e. The zero-order valence-electron chi connectivity index (χ0n) is 20.4. The van der Waals surface area contributed by atoms with Crippen molar-refractivity contribution in [2.45, 2.75) is 32.7 Å². The van der Waals surface area contributed by atoms with Crippen molar-refractivity contribution in [2.75, 3.05) is 18.1 Å². The number of nitrogens with zero attached hydrogens (tertiary/aromatic N) is 1. The molecule has 2 amide bonds. The summed E-state index contributed by atoms with van der Waals surface area (Å²) < 4.78 is 24.8. The highest BCUT2D eigenvalue weighted by Crippen LogP contribution is 2.35. The maximum absolute atomic E-state index is 13.3. The topological polar surface area (TPSA) is 67.9 Å². The normalized spacial score (nSPS) is 14.7. The molecule has 1 atom stereocenters.